The van der Waals surface area contributed by atoms with E-state index in [1.807, 2.05) is 13.0 Å². The van der Waals surface area contributed by atoms with Gasteiger partial charge in [-0.25, -0.2) is 8.42 Å². The molecular formula is C20H31N3O5S. The fourth-order valence-corrected chi connectivity index (χ4v) is 5.07. The number of nitrogens with one attached hydrogen (secondary N) is 1. The lowest BCUT2D eigenvalue weighted by Gasteiger charge is -2.27. The van der Waals surface area contributed by atoms with Gasteiger partial charge in [-0.3, -0.25) is 4.79 Å². The SMILES string of the molecule is CCOCCCC(=O)Nc1cc(S(=O)(=O)N2CCOCC2)ccc1N1CCCC1. The Bertz CT molecular complexity index is 787. The first-order valence-corrected chi connectivity index (χ1v) is 11.8. The Morgan fingerprint density at radius 1 is 1.17 bits per heavy atom. The van der Waals surface area contributed by atoms with Crippen LogP contribution in [0.25, 0.3) is 0 Å². The average Bonchev–Trinajstić information content (AvgIpc) is 3.26. The molecule has 1 aromatic carbocycles. The van der Waals surface area contributed by atoms with Crippen LogP contribution in [0, 0.1) is 0 Å². The second kappa shape index (κ2) is 10.4. The molecule has 29 heavy (non-hydrogen) atoms. The number of carbonyl (C=O) groups excluding carboxylic acids is 1. The minimum atomic E-state index is -3.62. The van der Waals surface area contributed by atoms with E-state index < -0.39 is 10.0 Å². The molecule has 3 rings (SSSR count). The van der Waals surface area contributed by atoms with Crippen molar-refractivity contribution in [2.45, 2.75) is 37.5 Å². The molecule has 1 N–H and O–H groups in total. The molecule has 0 aliphatic carbocycles. The number of hydrogen-bond acceptors (Lipinski definition) is 6. The lowest BCUT2D eigenvalue weighted by Crippen LogP contribution is -2.40. The lowest BCUT2D eigenvalue weighted by atomic mass is 10.2. The van der Waals surface area contributed by atoms with E-state index in [4.69, 9.17) is 9.47 Å². The Morgan fingerprint density at radius 2 is 1.90 bits per heavy atom. The van der Waals surface area contributed by atoms with Gasteiger partial charge >= 0.3 is 0 Å². The number of anilines is 2. The first kappa shape index (κ1) is 22.0. The standard InChI is InChI=1S/C20H31N3O5S/c1-2-27-13-5-6-20(24)21-18-16-17(7-8-19(18)22-9-3-4-10-22)29(25,26)23-11-14-28-15-12-23/h7-8,16H,2-6,9-15H2,1H3,(H,21,24). The molecule has 0 unspecified atom stereocenters. The van der Waals surface area contributed by atoms with Gasteiger partial charge in [0.25, 0.3) is 0 Å². The zero-order chi connectivity index (χ0) is 20.7. The maximum atomic E-state index is 13.0. The molecule has 0 radical (unpaired) electrons. The summed E-state index contributed by atoms with van der Waals surface area (Å²) in [5, 5.41) is 2.94. The molecule has 0 saturated carbocycles. The van der Waals surface area contributed by atoms with Crippen molar-refractivity contribution in [1.29, 1.82) is 0 Å². The first-order valence-electron chi connectivity index (χ1n) is 10.4. The molecule has 1 aromatic rings. The number of benzene rings is 1. The molecule has 1 amide bonds. The van der Waals surface area contributed by atoms with E-state index in [9.17, 15) is 13.2 Å². The Balaban J connectivity index is 1.80. The number of ether oxygens (including phenoxy) is 2. The topological polar surface area (TPSA) is 88.2 Å². The van der Waals surface area contributed by atoms with Crippen LogP contribution in [0.1, 0.15) is 32.6 Å². The third kappa shape index (κ3) is 5.69. The van der Waals surface area contributed by atoms with Crippen molar-refractivity contribution in [2.24, 2.45) is 0 Å². The molecule has 2 aliphatic rings. The van der Waals surface area contributed by atoms with Crippen LogP contribution >= 0.6 is 0 Å². The molecule has 9 heteroatoms. The average molecular weight is 426 g/mol. The Morgan fingerprint density at radius 3 is 2.59 bits per heavy atom. The van der Waals surface area contributed by atoms with Crippen LogP contribution in [0.4, 0.5) is 11.4 Å². The summed E-state index contributed by atoms with van der Waals surface area (Å²) >= 11 is 0. The molecule has 0 bridgehead atoms. The summed E-state index contributed by atoms with van der Waals surface area (Å²) in [6.45, 7) is 6.37. The van der Waals surface area contributed by atoms with Crippen LogP contribution in [-0.2, 0) is 24.3 Å². The highest BCUT2D eigenvalue weighted by Gasteiger charge is 2.28. The first-order chi connectivity index (χ1) is 14.0. The second-order valence-electron chi connectivity index (χ2n) is 7.24. The zero-order valence-electron chi connectivity index (χ0n) is 17.1. The third-order valence-corrected chi connectivity index (χ3v) is 7.09. The summed E-state index contributed by atoms with van der Waals surface area (Å²) in [6.07, 6.45) is 3.15. The molecule has 0 aromatic heterocycles. The maximum absolute atomic E-state index is 13.0. The van der Waals surface area contributed by atoms with Gasteiger partial charge in [0.1, 0.15) is 0 Å². The number of rotatable bonds is 9. The van der Waals surface area contributed by atoms with E-state index in [1.165, 1.54) is 4.31 Å². The second-order valence-corrected chi connectivity index (χ2v) is 9.18. The number of morpholine rings is 1. The maximum Gasteiger partial charge on any atom is 0.243 e. The number of amides is 1. The Hall–Kier alpha value is -1.68. The van der Waals surface area contributed by atoms with Crippen molar-refractivity contribution in [2.75, 3.05) is 62.8 Å². The van der Waals surface area contributed by atoms with E-state index in [0.29, 0.717) is 58.0 Å². The molecule has 2 heterocycles. The molecule has 8 nitrogen and oxygen atoms in total. The number of hydrogen-bond donors (Lipinski definition) is 1. The van der Waals surface area contributed by atoms with Crippen LogP contribution in [-0.4, -0.2) is 71.2 Å². The van der Waals surface area contributed by atoms with Crippen LogP contribution in [0.5, 0.6) is 0 Å². The molecule has 2 saturated heterocycles. The molecule has 0 spiro atoms. The normalized spacial score (nSPS) is 18.2. The highest BCUT2D eigenvalue weighted by Crippen LogP contribution is 2.32. The molecule has 162 valence electrons. The summed E-state index contributed by atoms with van der Waals surface area (Å²) in [4.78, 5) is 14.8. The minimum absolute atomic E-state index is 0.133. The summed E-state index contributed by atoms with van der Waals surface area (Å²) in [5.41, 5.74) is 1.43. The zero-order valence-corrected chi connectivity index (χ0v) is 17.9. The van der Waals surface area contributed by atoms with Gasteiger partial charge in [0, 0.05) is 45.8 Å². The van der Waals surface area contributed by atoms with E-state index in [2.05, 4.69) is 10.2 Å². The highest BCUT2D eigenvalue weighted by atomic mass is 32.2. The van der Waals surface area contributed by atoms with Gasteiger partial charge in [-0.05, 0) is 44.4 Å². The smallest absolute Gasteiger partial charge is 0.243 e. The van der Waals surface area contributed by atoms with Gasteiger partial charge < -0.3 is 19.7 Å². The van der Waals surface area contributed by atoms with Crippen LogP contribution in [0.2, 0.25) is 0 Å². The van der Waals surface area contributed by atoms with Crippen LogP contribution < -0.4 is 10.2 Å². The fourth-order valence-electron chi connectivity index (χ4n) is 3.64. The predicted molar refractivity (Wildman–Crippen MR) is 112 cm³/mol. The monoisotopic (exact) mass is 425 g/mol. The van der Waals surface area contributed by atoms with Crippen molar-refractivity contribution in [1.82, 2.24) is 4.31 Å². The third-order valence-electron chi connectivity index (χ3n) is 5.19. The summed E-state index contributed by atoms with van der Waals surface area (Å²) in [5.74, 6) is -0.133. The highest BCUT2D eigenvalue weighted by molar-refractivity contribution is 7.89. The van der Waals surface area contributed by atoms with Gasteiger partial charge in [-0.2, -0.15) is 4.31 Å². The van der Waals surface area contributed by atoms with Crippen LogP contribution in [0.3, 0.4) is 0 Å². The summed E-state index contributed by atoms with van der Waals surface area (Å²) in [6, 6.07) is 5.05. The van der Waals surface area contributed by atoms with Gasteiger partial charge in [0.05, 0.1) is 29.5 Å². The summed E-state index contributed by atoms with van der Waals surface area (Å²) < 4.78 is 38.1. The van der Waals surface area contributed by atoms with Crippen molar-refractivity contribution in [3.05, 3.63) is 18.2 Å². The number of nitrogens with zero attached hydrogens (tertiary/aromatic N) is 2. The van der Waals surface area contributed by atoms with E-state index in [1.54, 1.807) is 12.1 Å². The van der Waals surface area contributed by atoms with Crippen LogP contribution in [0.15, 0.2) is 23.1 Å². The molecule has 0 atom stereocenters. The number of sulfonamides is 1. The fraction of sp³-hybridized carbons (Fsp3) is 0.650. The molecule has 2 fully saturated rings. The van der Waals surface area contributed by atoms with Crippen molar-refractivity contribution < 1.29 is 22.7 Å². The van der Waals surface area contributed by atoms with Gasteiger partial charge in [-0.15, -0.1) is 0 Å². The van der Waals surface area contributed by atoms with E-state index in [-0.39, 0.29) is 10.8 Å². The predicted octanol–water partition coefficient (Wildman–Crippen LogP) is 2.06. The van der Waals surface area contributed by atoms with Gasteiger partial charge in [-0.1, -0.05) is 0 Å². The lowest BCUT2D eigenvalue weighted by molar-refractivity contribution is -0.116. The largest absolute Gasteiger partial charge is 0.382 e. The van der Waals surface area contributed by atoms with Crippen molar-refractivity contribution in [3.63, 3.8) is 0 Å². The number of carbonyl (C=O) groups is 1. The molecule has 2 aliphatic heterocycles. The Labute approximate surface area is 173 Å². The minimum Gasteiger partial charge on any atom is -0.382 e. The Kier molecular flexibility index (Phi) is 7.88. The van der Waals surface area contributed by atoms with E-state index in [0.717, 1.165) is 31.6 Å². The van der Waals surface area contributed by atoms with Crippen molar-refractivity contribution >= 4 is 27.3 Å². The van der Waals surface area contributed by atoms with Gasteiger partial charge in [0.15, 0.2) is 0 Å². The van der Waals surface area contributed by atoms with Gasteiger partial charge in [0.2, 0.25) is 15.9 Å². The van der Waals surface area contributed by atoms with E-state index >= 15 is 0 Å². The quantitative estimate of drug-likeness (QED) is 0.610. The molecular weight excluding hydrogens is 394 g/mol. The van der Waals surface area contributed by atoms with Crippen molar-refractivity contribution in [3.8, 4) is 0 Å². The summed E-state index contributed by atoms with van der Waals surface area (Å²) in [7, 11) is -3.62.